The third-order valence-corrected chi connectivity index (χ3v) is 3.34. The lowest BCUT2D eigenvalue weighted by molar-refractivity contribution is 0.304. The minimum atomic E-state index is -0.219. The quantitative estimate of drug-likeness (QED) is 0.192. The van der Waals surface area contributed by atoms with Crippen LogP contribution < -0.4 is 11.1 Å². The molecule has 0 aliphatic carbocycles. The van der Waals surface area contributed by atoms with Gasteiger partial charge in [-0.1, -0.05) is 39.3 Å². The molecule has 0 rings (SSSR count). The second kappa shape index (κ2) is 8.34. The molecule has 0 aromatic heterocycles. The highest BCUT2D eigenvalue weighted by molar-refractivity contribution is 5.85. The maximum atomic E-state index is 8.67. The van der Waals surface area contributed by atoms with Crippen LogP contribution in [0.4, 0.5) is 0 Å². The molecule has 1 atom stereocenters. The number of amidine groups is 1. The molecule has 4 N–H and O–H groups in total. The van der Waals surface area contributed by atoms with Crippen LogP contribution in [-0.4, -0.2) is 23.6 Å². The van der Waals surface area contributed by atoms with Crippen LogP contribution in [0, 0.1) is 5.41 Å². The molecule has 0 radical (unpaired) electrons. The lowest BCUT2D eigenvalue weighted by Crippen LogP contribution is -2.34. The highest BCUT2D eigenvalue weighted by Gasteiger charge is 2.22. The van der Waals surface area contributed by atoms with E-state index in [1.54, 1.807) is 0 Å². The molecule has 4 nitrogen and oxygen atoms in total. The van der Waals surface area contributed by atoms with Crippen LogP contribution in [-0.2, 0) is 0 Å². The summed E-state index contributed by atoms with van der Waals surface area (Å²) >= 11 is 0. The van der Waals surface area contributed by atoms with Gasteiger partial charge < -0.3 is 16.3 Å². The Hall–Kier alpha value is -0.770. The number of nitrogens with two attached hydrogens (primary N) is 1. The predicted octanol–water partition coefficient (Wildman–Crippen LogP) is 2.71. The van der Waals surface area contributed by atoms with E-state index in [9.17, 15) is 0 Å². The van der Waals surface area contributed by atoms with Gasteiger partial charge in [0.25, 0.3) is 0 Å². The normalized spacial score (nSPS) is 14.9. The van der Waals surface area contributed by atoms with E-state index in [4.69, 9.17) is 10.9 Å². The summed E-state index contributed by atoms with van der Waals surface area (Å²) < 4.78 is 0. The van der Waals surface area contributed by atoms with Crippen LogP contribution >= 0.6 is 0 Å². The standard InChI is InChI=1S/C13H29N3O/c1-5-8-11(6-2)15-10-7-9-13(3,4)12(14)16-17/h11,15,17H,5-10H2,1-4H3,(H2,14,16). The molecule has 0 saturated carbocycles. The van der Waals surface area contributed by atoms with E-state index < -0.39 is 0 Å². The van der Waals surface area contributed by atoms with Crippen LogP contribution in [0.2, 0.25) is 0 Å². The minimum Gasteiger partial charge on any atom is -0.409 e. The maximum absolute atomic E-state index is 8.67. The first kappa shape index (κ1) is 16.2. The summed E-state index contributed by atoms with van der Waals surface area (Å²) in [5.41, 5.74) is 5.43. The van der Waals surface area contributed by atoms with Crippen molar-refractivity contribution in [3.05, 3.63) is 0 Å². The molecule has 0 aliphatic heterocycles. The summed E-state index contributed by atoms with van der Waals surface area (Å²) in [6.45, 7) is 9.44. The first-order valence-electron chi connectivity index (χ1n) is 6.69. The fraction of sp³-hybridized carbons (Fsp3) is 0.923. The Morgan fingerprint density at radius 3 is 2.53 bits per heavy atom. The topological polar surface area (TPSA) is 70.6 Å². The van der Waals surface area contributed by atoms with Crippen molar-refractivity contribution in [3.8, 4) is 0 Å². The van der Waals surface area contributed by atoms with Gasteiger partial charge in [0.15, 0.2) is 0 Å². The van der Waals surface area contributed by atoms with Crippen molar-refractivity contribution in [3.63, 3.8) is 0 Å². The summed E-state index contributed by atoms with van der Waals surface area (Å²) in [5, 5.41) is 15.3. The van der Waals surface area contributed by atoms with Gasteiger partial charge in [0, 0.05) is 11.5 Å². The van der Waals surface area contributed by atoms with Gasteiger partial charge in [-0.25, -0.2) is 0 Å². The molecule has 0 heterocycles. The van der Waals surface area contributed by atoms with Gasteiger partial charge in [0.05, 0.1) is 0 Å². The smallest absolute Gasteiger partial charge is 0.144 e. The largest absolute Gasteiger partial charge is 0.409 e. The first-order valence-corrected chi connectivity index (χ1v) is 6.69. The summed E-state index contributed by atoms with van der Waals surface area (Å²) in [7, 11) is 0. The van der Waals surface area contributed by atoms with E-state index in [0.29, 0.717) is 11.9 Å². The van der Waals surface area contributed by atoms with Crippen LogP contribution in [0.25, 0.3) is 0 Å². The summed E-state index contributed by atoms with van der Waals surface area (Å²) in [4.78, 5) is 0. The fourth-order valence-corrected chi connectivity index (χ4v) is 1.90. The first-order chi connectivity index (χ1) is 7.97. The van der Waals surface area contributed by atoms with Gasteiger partial charge >= 0.3 is 0 Å². The van der Waals surface area contributed by atoms with E-state index in [-0.39, 0.29) is 5.41 Å². The zero-order valence-corrected chi connectivity index (χ0v) is 11.8. The monoisotopic (exact) mass is 243 g/mol. The summed E-state index contributed by atoms with van der Waals surface area (Å²) in [5.74, 6) is 0.318. The predicted molar refractivity (Wildman–Crippen MR) is 73.4 cm³/mol. The number of hydrogen-bond acceptors (Lipinski definition) is 3. The molecule has 102 valence electrons. The van der Waals surface area contributed by atoms with E-state index >= 15 is 0 Å². The van der Waals surface area contributed by atoms with Gasteiger partial charge in [-0.15, -0.1) is 0 Å². The molecule has 0 spiro atoms. The molecule has 4 heteroatoms. The van der Waals surface area contributed by atoms with Gasteiger partial charge in [-0.3, -0.25) is 0 Å². The molecule has 1 unspecified atom stereocenters. The third-order valence-electron chi connectivity index (χ3n) is 3.34. The average molecular weight is 243 g/mol. The molecule has 0 saturated heterocycles. The second-order valence-electron chi connectivity index (χ2n) is 5.32. The zero-order chi connectivity index (χ0) is 13.3. The van der Waals surface area contributed by atoms with Crippen molar-refractivity contribution in [1.82, 2.24) is 5.32 Å². The number of oxime groups is 1. The number of rotatable bonds is 9. The molecule has 0 aromatic rings. The number of nitrogens with zero attached hydrogens (tertiary/aromatic N) is 1. The molecule has 0 bridgehead atoms. The lowest BCUT2D eigenvalue weighted by atomic mass is 9.86. The van der Waals surface area contributed by atoms with E-state index in [1.807, 2.05) is 13.8 Å². The maximum Gasteiger partial charge on any atom is 0.144 e. The Morgan fingerprint density at radius 1 is 1.41 bits per heavy atom. The molecule has 0 aliphatic rings. The van der Waals surface area contributed by atoms with Crippen LogP contribution in [0.1, 0.15) is 59.8 Å². The average Bonchev–Trinajstić information content (AvgIpc) is 2.31. The molecule has 0 fully saturated rings. The fourth-order valence-electron chi connectivity index (χ4n) is 1.90. The highest BCUT2D eigenvalue weighted by Crippen LogP contribution is 2.22. The minimum absolute atomic E-state index is 0.219. The molecular weight excluding hydrogens is 214 g/mol. The van der Waals surface area contributed by atoms with Crippen molar-refractivity contribution >= 4 is 5.84 Å². The molecular formula is C13H29N3O. The summed E-state index contributed by atoms with van der Waals surface area (Å²) in [6.07, 6.45) is 5.61. The molecule has 0 amide bonds. The van der Waals surface area contributed by atoms with E-state index in [2.05, 4.69) is 24.3 Å². The third kappa shape index (κ3) is 6.51. The van der Waals surface area contributed by atoms with Crippen LogP contribution in [0.15, 0.2) is 5.16 Å². The van der Waals surface area contributed by atoms with Crippen LogP contribution in [0.5, 0.6) is 0 Å². The Morgan fingerprint density at radius 2 is 2.06 bits per heavy atom. The van der Waals surface area contributed by atoms with Crippen molar-refractivity contribution in [2.75, 3.05) is 6.54 Å². The van der Waals surface area contributed by atoms with Crippen molar-refractivity contribution < 1.29 is 5.21 Å². The van der Waals surface area contributed by atoms with Gasteiger partial charge in [-0.2, -0.15) is 0 Å². The van der Waals surface area contributed by atoms with Crippen molar-refractivity contribution in [2.45, 2.75) is 65.8 Å². The molecule has 0 aromatic carbocycles. The van der Waals surface area contributed by atoms with Crippen molar-refractivity contribution in [2.24, 2.45) is 16.3 Å². The number of nitrogens with one attached hydrogen (secondary N) is 1. The van der Waals surface area contributed by atoms with Crippen molar-refractivity contribution in [1.29, 1.82) is 0 Å². The van der Waals surface area contributed by atoms with Gasteiger partial charge in [-0.05, 0) is 32.2 Å². The number of hydrogen-bond donors (Lipinski definition) is 3. The van der Waals surface area contributed by atoms with Gasteiger partial charge in [0.1, 0.15) is 5.84 Å². The Bertz CT molecular complexity index is 227. The Balaban J connectivity index is 3.84. The Kier molecular flexibility index (Phi) is 7.96. The van der Waals surface area contributed by atoms with Crippen LogP contribution in [0.3, 0.4) is 0 Å². The Labute approximate surface area is 106 Å². The summed E-state index contributed by atoms with van der Waals surface area (Å²) in [6, 6.07) is 0.631. The zero-order valence-electron chi connectivity index (χ0n) is 11.8. The lowest BCUT2D eigenvalue weighted by Gasteiger charge is -2.23. The SMILES string of the molecule is CCCC(CC)NCCCC(C)(C)C(N)=NO. The van der Waals surface area contributed by atoms with E-state index in [0.717, 1.165) is 19.4 Å². The molecule has 17 heavy (non-hydrogen) atoms. The second-order valence-corrected chi connectivity index (χ2v) is 5.32. The van der Waals surface area contributed by atoms with Gasteiger partial charge in [0.2, 0.25) is 0 Å². The highest BCUT2D eigenvalue weighted by atomic mass is 16.4. The van der Waals surface area contributed by atoms with E-state index in [1.165, 1.54) is 19.3 Å².